The molecular weight excluding hydrogens is 216 g/mol. The maximum Gasteiger partial charge on any atom is 0.228 e. The number of rotatable bonds is 5. The van der Waals surface area contributed by atoms with Crippen LogP contribution in [0.25, 0.3) is 0 Å². The molecule has 4 nitrogen and oxygen atoms in total. The van der Waals surface area contributed by atoms with E-state index in [2.05, 4.69) is 13.8 Å². The van der Waals surface area contributed by atoms with E-state index in [1.54, 1.807) is 0 Å². The third-order valence-electron chi connectivity index (χ3n) is 3.37. The van der Waals surface area contributed by atoms with Gasteiger partial charge in [0.05, 0.1) is 12.5 Å². The molecule has 0 aromatic rings. The lowest BCUT2D eigenvalue weighted by Gasteiger charge is -2.34. The molecule has 17 heavy (non-hydrogen) atoms. The molecule has 1 fully saturated rings. The van der Waals surface area contributed by atoms with Gasteiger partial charge >= 0.3 is 0 Å². The SMILES string of the molecule is CCN(CC(C)(C)CN)C(=O)C1CCCOC1. The molecule has 0 aromatic carbocycles. The van der Waals surface area contributed by atoms with Gasteiger partial charge in [-0.1, -0.05) is 13.8 Å². The summed E-state index contributed by atoms with van der Waals surface area (Å²) in [6, 6.07) is 0. The molecular formula is C13H26N2O2. The van der Waals surface area contributed by atoms with Crippen LogP contribution >= 0.6 is 0 Å². The summed E-state index contributed by atoms with van der Waals surface area (Å²) in [6.07, 6.45) is 1.95. The van der Waals surface area contributed by atoms with Crippen LogP contribution in [0.1, 0.15) is 33.6 Å². The van der Waals surface area contributed by atoms with Gasteiger partial charge in [-0.2, -0.15) is 0 Å². The molecule has 0 aromatic heterocycles. The molecule has 1 saturated heterocycles. The van der Waals surface area contributed by atoms with Gasteiger partial charge in [-0.3, -0.25) is 4.79 Å². The molecule has 1 heterocycles. The fourth-order valence-corrected chi connectivity index (χ4v) is 2.12. The van der Waals surface area contributed by atoms with Gasteiger partial charge in [0.2, 0.25) is 5.91 Å². The minimum Gasteiger partial charge on any atom is -0.381 e. The van der Waals surface area contributed by atoms with Crippen molar-refractivity contribution in [2.45, 2.75) is 33.6 Å². The van der Waals surface area contributed by atoms with E-state index >= 15 is 0 Å². The topological polar surface area (TPSA) is 55.6 Å². The van der Waals surface area contributed by atoms with Crippen LogP contribution in [0.2, 0.25) is 0 Å². The largest absolute Gasteiger partial charge is 0.381 e. The monoisotopic (exact) mass is 242 g/mol. The molecule has 0 saturated carbocycles. The highest BCUT2D eigenvalue weighted by Gasteiger charge is 2.29. The van der Waals surface area contributed by atoms with E-state index in [1.807, 2.05) is 11.8 Å². The van der Waals surface area contributed by atoms with Crippen molar-refractivity contribution in [2.24, 2.45) is 17.1 Å². The first kappa shape index (κ1) is 14.5. The molecule has 4 heteroatoms. The van der Waals surface area contributed by atoms with Gasteiger partial charge in [0.15, 0.2) is 0 Å². The van der Waals surface area contributed by atoms with Crippen molar-refractivity contribution < 1.29 is 9.53 Å². The van der Waals surface area contributed by atoms with Crippen LogP contribution in [0.5, 0.6) is 0 Å². The number of carbonyl (C=O) groups excluding carboxylic acids is 1. The fraction of sp³-hybridized carbons (Fsp3) is 0.923. The van der Waals surface area contributed by atoms with E-state index in [-0.39, 0.29) is 17.2 Å². The lowest BCUT2D eigenvalue weighted by Crippen LogP contribution is -2.45. The average molecular weight is 242 g/mol. The zero-order valence-electron chi connectivity index (χ0n) is 11.4. The molecule has 1 rings (SSSR count). The highest BCUT2D eigenvalue weighted by Crippen LogP contribution is 2.20. The molecule has 1 unspecified atom stereocenters. The van der Waals surface area contributed by atoms with Crippen LogP contribution in [0, 0.1) is 11.3 Å². The van der Waals surface area contributed by atoms with Gasteiger partial charge in [-0.15, -0.1) is 0 Å². The maximum atomic E-state index is 12.3. The fourth-order valence-electron chi connectivity index (χ4n) is 2.12. The second-order valence-corrected chi connectivity index (χ2v) is 5.63. The van der Waals surface area contributed by atoms with E-state index in [1.165, 1.54) is 0 Å². The Balaban J connectivity index is 2.56. The summed E-state index contributed by atoms with van der Waals surface area (Å²) in [5.41, 5.74) is 5.71. The van der Waals surface area contributed by atoms with Crippen molar-refractivity contribution >= 4 is 5.91 Å². The second-order valence-electron chi connectivity index (χ2n) is 5.63. The molecule has 100 valence electrons. The number of carbonyl (C=O) groups is 1. The molecule has 0 bridgehead atoms. The minimum atomic E-state index is -0.0127. The molecule has 1 atom stereocenters. The van der Waals surface area contributed by atoms with Gasteiger partial charge in [-0.25, -0.2) is 0 Å². The molecule has 0 radical (unpaired) electrons. The van der Waals surface area contributed by atoms with Crippen molar-refractivity contribution in [2.75, 3.05) is 32.8 Å². The predicted octanol–water partition coefficient (Wildman–Crippen LogP) is 1.25. The molecule has 0 spiro atoms. The van der Waals surface area contributed by atoms with Crippen LogP contribution in [0.15, 0.2) is 0 Å². The average Bonchev–Trinajstić information content (AvgIpc) is 2.36. The van der Waals surface area contributed by atoms with Gasteiger partial charge in [0.25, 0.3) is 0 Å². The standard InChI is InChI=1S/C13H26N2O2/c1-4-15(10-13(2,3)9-14)12(16)11-6-5-7-17-8-11/h11H,4-10,14H2,1-3H3. The Morgan fingerprint density at radius 1 is 1.53 bits per heavy atom. The lowest BCUT2D eigenvalue weighted by molar-refractivity contribution is -0.140. The summed E-state index contributed by atoms with van der Waals surface area (Å²) in [5, 5.41) is 0. The number of hydrogen-bond donors (Lipinski definition) is 1. The first-order chi connectivity index (χ1) is 8.00. The van der Waals surface area contributed by atoms with Crippen molar-refractivity contribution in [1.29, 1.82) is 0 Å². The predicted molar refractivity (Wildman–Crippen MR) is 68.6 cm³/mol. The smallest absolute Gasteiger partial charge is 0.228 e. The zero-order valence-corrected chi connectivity index (χ0v) is 11.4. The lowest BCUT2D eigenvalue weighted by atomic mass is 9.92. The number of hydrogen-bond acceptors (Lipinski definition) is 3. The van der Waals surface area contributed by atoms with Crippen molar-refractivity contribution in [3.05, 3.63) is 0 Å². The Morgan fingerprint density at radius 2 is 2.24 bits per heavy atom. The van der Waals surface area contributed by atoms with Crippen molar-refractivity contribution in [3.8, 4) is 0 Å². The number of amides is 1. The summed E-state index contributed by atoms with van der Waals surface area (Å²) >= 11 is 0. The zero-order chi connectivity index (χ0) is 12.9. The molecule has 1 amide bonds. The van der Waals surface area contributed by atoms with Crippen LogP contribution < -0.4 is 5.73 Å². The van der Waals surface area contributed by atoms with Gasteiger partial charge < -0.3 is 15.4 Å². The number of nitrogens with zero attached hydrogens (tertiary/aromatic N) is 1. The normalized spacial score (nSPS) is 21.3. The van der Waals surface area contributed by atoms with Crippen LogP contribution in [0.4, 0.5) is 0 Å². The third-order valence-corrected chi connectivity index (χ3v) is 3.37. The summed E-state index contributed by atoms with van der Waals surface area (Å²) in [6.45, 7) is 9.67. The highest BCUT2D eigenvalue weighted by atomic mass is 16.5. The van der Waals surface area contributed by atoms with Gasteiger partial charge in [0, 0.05) is 19.7 Å². The van der Waals surface area contributed by atoms with Gasteiger partial charge in [0.1, 0.15) is 0 Å². The Hall–Kier alpha value is -0.610. The van der Waals surface area contributed by atoms with Crippen LogP contribution in [0.3, 0.4) is 0 Å². The van der Waals surface area contributed by atoms with E-state index in [9.17, 15) is 4.79 Å². The quantitative estimate of drug-likeness (QED) is 0.789. The molecule has 0 aliphatic carbocycles. The molecule has 1 aliphatic heterocycles. The maximum absolute atomic E-state index is 12.3. The minimum absolute atomic E-state index is 0.0127. The Kier molecular flexibility index (Phi) is 5.40. The molecule has 1 aliphatic rings. The number of ether oxygens (including phenoxy) is 1. The van der Waals surface area contributed by atoms with E-state index in [0.717, 1.165) is 32.5 Å². The molecule has 2 N–H and O–H groups in total. The first-order valence-corrected chi connectivity index (χ1v) is 6.57. The van der Waals surface area contributed by atoms with Gasteiger partial charge in [-0.05, 0) is 31.7 Å². The summed E-state index contributed by atoms with van der Waals surface area (Å²) in [5.74, 6) is 0.283. The third kappa shape index (κ3) is 4.28. The second kappa shape index (κ2) is 6.36. The number of nitrogens with two attached hydrogens (primary N) is 1. The summed E-state index contributed by atoms with van der Waals surface area (Å²) in [7, 11) is 0. The van der Waals surface area contributed by atoms with Crippen LogP contribution in [-0.4, -0.2) is 43.7 Å². The van der Waals surface area contributed by atoms with E-state index in [0.29, 0.717) is 13.2 Å². The highest BCUT2D eigenvalue weighted by molar-refractivity contribution is 5.79. The Labute approximate surface area is 104 Å². The summed E-state index contributed by atoms with van der Waals surface area (Å²) in [4.78, 5) is 14.3. The van der Waals surface area contributed by atoms with Crippen molar-refractivity contribution in [3.63, 3.8) is 0 Å². The first-order valence-electron chi connectivity index (χ1n) is 6.57. The Morgan fingerprint density at radius 3 is 2.71 bits per heavy atom. The van der Waals surface area contributed by atoms with E-state index in [4.69, 9.17) is 10.5 Å². The van der Waals surface area contributed by atoms with Crippen molar-refractivity contribution in [1.82, 2.24) is 4.90 Å². The summed E-state index contributed by atoms with van der Waals surface area (Å²) < 4.78 is 5.38. The Bertz CT molecular complexity index is 248. The van der Waals surface area contributed by atoms with Crippen LogP contribution in [-0.2, 0) is 9.53 Å². The van der Waals surface area contributed by atoms with E-state index < -0.39 is 0 Å².